The number of rotatable bonds is 5. The normalized spacial score (nSPS) is 12.2. The van der Waals surface area contributed by atoms with Gasteiger partial charge in [-0.25, -0.2) is 0 Å². The van der Waals surface area contributed by atoms with E-state index in [1.807, 2.05) is 6.92 Å². The highest BCUT2D eigenvalue weighted by molar-refractivity contribution is 9.10. The average Bonchev–Trinajstić information content (AvgIpc) is 2.26. The third kappa shape index (κ3) is 3.14. The second-order valence-corrected chi connectivity index (χ2v) is 4.07. The molecular formula is C9H12BrN3O3. The summed E-state index contributed by atoms with van der Waals surface area (Å²) >= 11 is 3.18. The molecule has 0 aliphatic heterocycles. The molecule has 0 amide bonds. The van der Waals surface area contributed by atoms with E-state index in [1.165, 1.54) is 12.4 Å². The Morgan fingerprint density at radius 3 is 2.94 bits per heavy atom. The van der Waals surface area contributed by atoms with Gasteiger partial charge in [0, 0.05) is 12.7 Å². The van der Waals surface area contributed by atoms with E-state index in [4.69, 9.17) is 0 Å². The van der Waals surface area contributed by atoms with Crippen molar-refractivity contribution >= 4 is 27.3 Å². The Balaban J connectivity index is 2.88. The lowest BCUT2D eigenvalue weighted by molar-refractivity contribution is -0.384. The molecule has 0 saturated carbocycles. The lowest BCUT2D eigenvalue weighted by Crippen LogP contribution is -2.19. The largest absolute Gasteiger partial charge is 0.391 e. The highest BCUT2D eigenvalue weighted by atomic mass is 79.9. The molecule has 0 aliphatic rings. The van der Waals surface area contributed by atoms with Crippen molar-refractivity contribution in [3.63, 3.8) is 0 Å². The molecule has 88 valence electrons. The smallest absolute Gasteiger partial charge is 0.311 e. The molecule has 0 aromatic carbocycles. The van der Waals surface area contributed by atoms with Crippen molar-refractivity contribution in [1.82, 2.24) is 4.98 Å². The Kier molecular flexibility index (Phi) is 4.63. The maximum Gasteiger partial charge on any atom is 0.311 e. The van der Waals surface area contributed by atoms with E-state index >= 15 is 0 Å². The van der Waals surface area contributed by atoms with Crippen LogP contribution in [0.15, 0.2) is 16.9 Å². The van der Waals surface area contributed by atoms with Crippen LogP contribution in [0, 0.1) is 10.1 Å². The molecule has 1 rings (SSSR count). The molecule has 1 atom stereocenters. The van der Waals surface area contributed by atoms with Crippen LogP contribution in [0.5, 0.6) is 0 Å². The van der Waals surface area contributed by atoms with Gasteiger partial charge >= 0.3 is 5.69 Å². The Morgan fingerprint density at radius 2 is 2.38 bits per heavy atom. The number of nitrogens with zero attached hydrogens (tertiary/aromatic N) is 2. The third-order valence-corrected chi connectivity index (χ3v) is 2.66. The average molecular weight is 290 g/mol. The number of aliphatic hydroxyl groups excluding tert-OH is 1. The van der Waals surface area contributed by atoms with Gasteiger partial charge in [0.15, 0.2) is 0 Å². The molecule has 1 unspecified atom stereocenters. The van der Waals surface area contributed by atoms with Gasteiger partial charge in [-0.2, -0.15) is 0 Å². The van der Waals surface area contributed by atoms with Crippen molar-refractivity contribution < 1.29 is 10.0 Å². The molecule has 0 saturated heterocycles. The van der Waals surface area contributed by atoms with Crippen molar-refractivity contribution in [2.24, 2.45) is 0 Å². The minimum atomic E-state index is -0.528. The number of hydrogen-bond donors (Lipinski definition) is 2. The van der Waals surface area contributed by atoms with Gasteiger partial charge in [-0.3, -0.25) is 15.1 Å². The Hall–Kier alpha value is -1.21. The van der Waals surface area contributed by atoms with E-state index in [0.717, 1.165) is 0 Å². The van der Waals surface area contributed by atoms with Crippen molar-refractivity contribution in [1.29, 1.82) is 0 Å². The van der Waals surface area contributed by atoms with Crippen LogP contribution in [0.3, 0.4) is 0 Å². The summed E-state index contributed by atoms with van der Waals surface area (Å²) in [5, 5.41) is 22.9. The fourth-order valence-electron chi connectivity index (χ4n) is 1.10. The van der Waals surface area contributed by atoms with E-state index < -0.39 is 11.0 Å². The summed E-state index contributed by atoms with van der Waals surface area (Å²) in [5.74, 6) is 0. The standard InChI is InChI=1S/C9H12BrN3O3/c1-2-6(14)3-12-9-7(10)4-11-5-8(9)13(15)16/h4-6,14H,2-3H2,1H3,(H,11,12). The van der Waals surface area contributed by atoms with E-state index in [1.54, 1.807) is 0 Å². The predicted octanol–water partition coefficient (Wildman–Crippen LogP) is 1.94. The molecule has 16 heavy (non-hydrogen) atoms. The number of nitro groups is 1. The molecule has 1 aromatic heterocycles. The summed E-state index contributed by atoms with van der Waals surface area (Å²) in [6, 6.07) is 0. The molecule has 0 bridgehead atoms. The van der Waals surface area contributed by atoms with Crippen molar-refractivity contribution in [2.45, 2.75) is 19.4 Å². The summed E-state index contributed by atoms with van der Waals surface area (Å²) in [4.78, 5) is 13.9. The zero-order valence-corrected chi connectivity index (χ0v) is 10.3. The summed E-state index contributed by atoms with van der Waals surface area (Å²) in [7, 11) is 0. The number of aliphatic hydroxyl groups is 1. The van der Waals surface area contributed by atoms with Gasteiger partial charge in [0.1, 0.15) is 11.9 Å². The van der Waals surface area contributed by atoms with Crippen LogP contribution in [0.1, 0.15) is 13.3 Å². The summed E-state index contributed by atoms with van der Waals surface area (Å²) in [6.07, 6.45) is 2.70. The lowest BCUT2D eigenvalue weighted by atomic mass is 10.2. The van der Waals surface area contributed by atoms with Gasteiger partial charge in [0.25, 0.3) is 0 Å². The second kappa shape index (κ2) is 5.76. The van der Waals surface area contributed by atoms with Crippen molar-refractivity contribution in [3.8, 4) is 0 Å². The van der Waals surface area contributed by atoms with Crippen LogP contribution in [0.4, 0.5) is 11.4 Å². The van der Waals surface area contributed by atoms with Crippen LogP contribution >= 0.6 is 15.9 Å². The fourth-order valence-corrected chi connectivity index (χ4v) is 1.56. The first-order valence-corrected chi connectivity index (χ1v) is 5.55. The zero-order chi connectivity index (χ0) is 12.1. The number of nitrogens with one attached hydrogen (secondary N) is 1. The lowest BCUT2D eigenvalue weighted by Gasteiger charge is -2.11. The van der Waals surface area contributed by atoms with Gasteiger partial charge < -0.3 is 10.4 Å². The second-order valence-electron chi connectivity index (χ2n) is 3.22. The number of pyridine rings is 1. The number of hydrogen-bond acceptors (Lipinski definition) is 5. The zero-order valence-electron chi connectivity index (χ0n) is 8.68. The summed E-state index contributed by atoms with van der Waals surface area (Å²) in [6.45, 7) is 2.10. The highest BCUT2D eigenvalue weighted by Crippen LogP contribution is 2.30. The summed E-state index contributed by atoms with van der Waals surface area (Å²) < 4.78 is 0.505. The SMILES string of the molecule is CCC(O)CNc1c(Br)cncc1[N+](=O)[O-]. The first-order chi connectivity index (χ1) is 7.56. The molecule has 0 radical (unpaired) electrons. The molecule has 2 N–H and O–H groups in total. The van der Waals surface area contributed by atoms with Crippen LogP contribution in [0.25, 0.3) is 0 Å². The van der Waals surface area contributed by atoms with E-state index in [0.29, 0.717) is 16.6 Å². The maximum atomic E-state index is 10.7. The number of anilines is 1. The van der Waals surface area contributed by atoms with E-state index in [-0.39, 0.29) is 12.2 Å². The van der Waals surface area contributed by atoms with Gasteiger partial charge in [0.2, 0.25) is 0 Å². The molecule has 0 aliphatic carbocycles. The molecule has 6 nitrogen and oxygen atoms in total. The highest BCUT2D eigenvalue weighted by Gasteiger charge is 2.17. The molecular weight excluding hydrogens is 278 g/mol. The molecule has 0 spiro atoms. The van der Waals surface area contributed by atoms with Crippen LogP contribution < -0.4 is 5.32 Å². The van der Waals surface area contributed by atoms with E-state index in [2.05, 4.69) is 26.2 Å². The van der Waals surface area contributed by atoms with Crippen molar-refractivity contribution in [3.05, 3.63) is 27.0 Å². The monoisotopic (exact) mass is 289 g/mol. The molecule has 7 heteroatoms. The third-order valence-electron chi connectivity index (χ3n) is 2.06. The van der Waals surface area contributed by atoms with Gasteiger partial charge in [-0.15, -0.1) is 0 Å². The first kappa shape index (κ1) is 12.9. The molecule has 1 heterocycles. The topological polar surface area (TPSA) is 88.3 Å². The summed E-state index contributed by atoms with van der Waals surface area (Å²) in [5.41, 5.74) is 0.227. The number of aromatic nitrogens is 1. The van der Waals surface area contributed by atoms with Gasteiger partial charge in [0.05, 0.1) is 15.5 Å². The predicted molar refractivity (Wildman–Crippen MR) is 63.4 cm³/mol. The van der Waals surface area contributed by atoms with Crippen LogP contribution in [-0.4, -0.2) is 27.7 Å². The Morgan fingerprint density at radius 1 is 1.69 bits per heavy atom. The fraction of sp³-hybridized carbons (Fsp3) is 0.444. The van der Waals surface area contributed by atoms with Crippen LogP contribution in [-0.2, 0) is 0 Å². The molecule has 0 fully saturated rings. The maximum absolute atomic E-state index is 10.7. The van der Waals surface area contributed by atoms with E-state index in [9.17, 15) is 15.2 Å². The first-order valence-electron chi connectivity index (χ1n) is 4.76. The minimum absolute atomic E-state index is 0.113. The van der Waals surface area contributed by atoms with Gasteiger partial charge in [-0.05, 0) is 22.4 Å². The Bertz CT molecular complexity index is 386. The quantitative estimate of drug-likeness (QED) is 0.639. The van der Waals surface area contributed by atoms with Crippen LogP contribution in [0.2, 0.25) is 0 Å². The van der Waals surface area contributed by atoms with Gasteiger partial charge in [-0.1, -0.05) is 6.92 Å². The minimum Gasteiger partial charge on any atom is -0.391 e. The Labute approximate surface area is 101 Å². The van der Waals surface area contributed by atoms with Crippen molar-refractivity contribution in [2.75, 3.05) is 11.9 Å². The molecule has 1 aromatic rings. The number of halogens is 1.